The molecule has 0 bridgehead atoms. The Hall–Kier alpha value is -0.541. The molecule has 0 aliphatic heterocycles. The zero-order valence-electron chi connectivity index (χ0n) is 6.63. The van der Waals surface area contributed by atoms with Gasteiger partial charge in [-0.05, 0) is 0 Å². The summed E-state index contributed by atoms with van der Waals surface area (Å²) in [7, 11) is 0. The molecule has 2 N–H and O–H groups in total. The first-order valence-corrected chi connectivity index (χ1v) is 2.98. The molecule has 0 aliphatic carbocycles. The summed E-state index contributed by atoms with van der Waals surface area (Å²) in [6.45, 7) is 3.20. The van der Waals surface area contributed by atoms with E-state index >= 15 is 0 Å². The van der Waals surface area contributed by atoms with Crippen LogP contribution < -0.4 is 0 Å². The third kappa shape index (κ3) is 44.0. The van der Waals surface area contributed by atoms with Gasteiger partial charge in [-0.25, -0.2) is 0 Å². The van der Waals surface area contributed by atoms with Gasteiger partial charge in [0.25, 0.3) is 0 Å². The standard InChI is InChI=1S/2C3H6O2.H2Se/c2*1-2-3(4)5;/h2*2H2,1H3,(H,4,5);1H2. The van der Waals surface area contributed by atoms with Crippen LogP contribution >= 0.6 is 0 Å². The average molecular weight is 229 g/mol. The number of hydrogen-bond acceptors (Lipinski definition) is 2. The van der Waals surface area contributed by atoms with E-state index < -0.39 is 11.9 Å². The summed E-state index contributed by atoms with van der Waals surface area (Å²) in [5.41, 5.74) is 0. The van der Waals surface area contributed by atoms with Crippen molar-refractivity contribution in [1.29, 1.82) is 0 Å². The van der Waals surface area contributed by atoms with E-state index in [0.717, 1.165) is 0 Å². The van der Waals surface area contributed by atoms with Gasteiger partial charge in [0.2, 0.25) is 0 Å². The van der Waals surface area contributed by atoms with Crippen LogP contribution in [-0.2, 0) is 9.59 Å². The molecular weight excluding hydrogens is 215 g/mol. The molecule has 0 aliphatic rings. The number of carboxylic acids is 2. The van der Waals surface area contributed by atoms with Gasteiger partial charge in [-0.2, -0.15) is 0 Å². The molecule has 0 aromatic rings. The van der Waals surface area contributed by atoms with Crippen LogP contribution in [0.5, 0.6) is 0 Å². The zero-order chi connectivity index (χ0) is 8.57. The predicted molar refractivity (Wildman–Crippen MR) is 44.4 cm³/mol. The fraction of sp³-hybridized carbons (Fsp3) is 0.667. The van der Waals surface area contributed by atoms with Crippen LogP contribution in [-0.4, -0.2) is 39.2 Å². The number of aliphatic carboxylic acids is 2. The van der Waals surface area contributed by atoms with Crippen LogP contribution in [0, 0.1) is 0 Å². The minimum atomic E-state index is -0.745. The van der Waals surface area contributed by atoms with Gasteiger partial charge >= 0.3 is 29.0 Å². The second kappa shape index (κ2) is 12.2. The van der Waals surface area contributed by atoms with Gasteiger partial charge in [0, 0.05) is 12.8 Å². The van der Waals surface area contributed by atoms with Gasteiger partial charge in [0.1, 0.15) is 0 Å². The third-order valence-electron chi connectivity index (χ3n) is 0.605. The Kier molecular flexibility index (Phi) is 18.6. The van der Waals surface area contributed by atoms with Crippen molar-refractivity contribution in [2.24, 2.45) is 0 Å². The molecule has 0 aromatic heterocycles. The van der Waals surface area contributed by atoms with Gasteiger partial charge in [0.05, 0.1) is 0 Å². The molecule has 0 saturated heterocycles. The summed E-state index contributed by atoms with van der Waals surface area (Å²) in [5, 5.41) is 15.4. The second-order valence-corrected chi connectivity index (χ2v) is 1.49. The molecule has 0 spiro atoms. The molecule has 5 heteroatoms. The van der Waals surface area contributed by atoms with E-state index in [2.05, 4.69) is 0 Å². The summed E-state index contributed by atoms with van der Waals surface area (Å²) in [6, 6.07) is 0. The van der Waals surface area contributed by atoms with E-state index in [1.807, 2.05) is 0 Å². The van der Waals surface area contributed by atoms with E-state index in [0.29, 0.717) is 0 Å². The van der Waals surface area contributed by atoms with Crippen LogP contribution in [0.2, 0.25) is 0 Å². The van der Waals surface area contributed by atoms with Crippen LogP contribution in [0.1, 0.15) is 26.7 Å². The van der Waals surface area contributed by atoms with Gasteiger partial charge in [0.15, 0.2) is 0 Å². The van der Waals surface area contributed by atoms with E-state index in [-0.39, 0.29) is 29.9 Å². The molecule has 11 heavy (non-hydrogen) atoms. The first kappa shape index (κ1) is 16.8. The van der Waals surface area contributed by atoms with Crippen molar-refractivity contribution < 1.29 is 19.8 Å². The Morgan fingerprint density at radius 3 is 1.09 bits per heavy atom. The SMILES string of the molecule is CCC(=O)O.CCC(=O)O.[SeH2]. The Morgan fingerprint density at radius 2 is 1.09 bits per heavy atom. The molecule has 0 radical (unpaired) electrons. The molecule has 4 nitrogen and oxygen atoms in total. The van der Waals surface area contributed by atoms with Crippen molar-refractivity contribution in [3.8, 4) is 0 Å². The van der Waals surface area contributed by atoms with E-state index in [9.17, 15) is 9.59 Å². The van der Waals surface area contributed by atoms with Gasteiger partial charge < -0.3 is 10.2 Å². The number of carbonyl (C=O) groups is 2. The van der Waals surface area contributed by atoms with E-state index in [1.54, 1.807) is 13.8 Å². The van der Waals surface area contributed by atoms with Crippen molar-refractivity contribution in [1.82, 2.24) is 0 Å². The molecule has 0 rings (SSSR count). The van der Waals surface area contributed by atoms with Crippen LogP contribution in [0.15, 0.2) is 0 Å². The first-order chi connectivity index (χ1) is 4.54. The van der Waals surface area contributed by atoms with Crippen molar-refractivity contribution in [2.45, 2.75) is 26.7 Å². The Morgan fingerprint density at radius 1 is 1.00 bits per heavy atom. The average Bonchev–Trinajstić information content (AvgIpc) is 1.89. The van der Waals surface area contributed by atoms with Crippen molar-refractivity contribution in [3.63, 3.8) is 0 Å². The van der Waals surface area contributed by atoms with Gasteiger partial charge in [-0.15, -0.1) is 0 Å². The van der Waals surface area contributed by atoms with Crippen LogP contribution in [0.25, 0.3) is 0 Å². The Bertz CT molecular complexity index is 99.1. The monoisotopic (exact) mass is 230 g/mol. The molecular formula is C6H14O4Se. The third-order valence-corrected chi connectivity index (χ3v) is 0.605. The first-order valence-electron chi connectivity index (χ1n) is 2.98. The Balaban J connectivity index is -0.000000107. The molecule has 0 amide bonds. The summed E-state index contributed by atoms with van der Waals surface area (Å²) in [5.74, 6) is -1.49. The summed E-state index contributed by atoms with van der Waals surface area (Å²) in [6.07, 6.45) is 0.444. The number of rotatable bonds is 2. The summed E-state index contributed by atoms with van der Waals surface area (Å²) < 4.78 is 0. The molecule has 68 valence electrons. The van der Waals surface area contributed by atoms with Gasteiger partial charge in [-0.1, -0.05) is 13.8 Å². The van der Waals surface area contributed by atoms with Crippen LogP contribution in [0.3, 0.4) is 0 Å². The molecule has 0 saturated carbocycles. The van der Waals surface area contributed by atoms with Crippen molar-refractivity contribution >= 4 is 29.0 Å². The fourth-order valence-electron chi connectivity index (χ4n) is 0. The number of carboxylic acid groups (broad SMARTS) is 2. The second-order valence-electron chi connectivity index (χ2n) is 1.49. The Labute approximate surface area is 76.1 Å². The molecule has 0 fully saturated rings. The van der Waals surface area contributed by atoms with Crippen LogP contribution in [0.4, 0.5) is 0 Å². The van der Waals surface area contributed by atoms with E-state index in [1.165, 1.54) is 0 Å². The fourth-order valence-corrected chi connectivity index (χ4v) is 0. The van der Waals surface area contributed by atoms with Crippen molar-refractivity contribution in [3.05, 3.63) is 0 Å². The maximum atomic E-state index is 9.37. The summed E-state index contributed by atoms with van der Waals surface area (Å²) in [4.78, 5) is 18.7. The molecule has 0 atom stereocenters. The normalized spacial score (nSPS) is 6.73. The quantitative estimate of drug-likeness (QED) is 0.656. The van der Waals surface area contributed by atoms with E-state index in [4.69, 9.17) is 10.2 Å². The topological polar surface area (TPSA) is 74.6 Å². The minimum absolute atomic E-state index is 0. The number of hydrogen-bond donors (Lipinski definition) is 2. The van der Waals surface area contributed by atoms with Gasteiger partial charge in [-0.3, -0.25) is 9.59 Å². The zero-order valence-corrected chi connectivity index (χ0v) is 8.72. The maximum absolute atomic E-state index is 9.37. The molecule has 0 aromatic carbocycles. The molecule has 0 unspecified atom stereocenters. The molecule has 0 heterocycles. The predicted octanol–water partition coefficient (Wildman–Crippen LogP) is 0.0458. The summed E-state index contributed by atoms with van der Waals surface area (Å²) >= 11 is 0. The van der Waals surface area contributed by atoms with Crippen molar-refractivity contribution in [2.75, 3.05) is 0 Å².